The molecule has 1 aromatic heterocycles. The molecule has 0 bridgehead atoms. The van der Waals surface area contributed by atoms with Gasteiger partial charge in [-0.25, -0.2) is 0 Å². The Kier molecular flexibility index (Phi) is 6.93. The van der Waals surface area contributed by atoms with Gasteiger partial charge in [-0.1, -0.05) is 50.2 Å². The van der Waals surface area contributed by atoms with Crippen LogP contribution in [0.15, 0.2) is 47.8 Å². The topological polar surface area (TPSA) is 21.3 Å². The van der Waals surface area contributed by atoms with Crippen molar-refractivity contribution in [2.45, 2.75) is 26.4 Å². The minimum absolute atomic E-state index is 0.130. The second kappa shape index (κ2) is 8.98. The normalized spacial score (nSPS) is 12.7. The number of benzene rings is 1. The van der Waals surface area contributed by atoms with Crippen molar-refractivity contribution in [3.8, 4) is 0 Å². The van der Waals surface area contributed by atoms with Crippen LogP contribution in [-0.2, 0) is 11.2 Å². The molecule has 0 radical (unpaired) electrons. The van der Waals surface area contributed by atoms with Gasteiger partial charge < -0.3 is 10.1 Å². The number of hydrogen-bond acceptors (Lipinski definition) is 3. The fourth-order valence-electron chi connectivity index (χ4n) is 2.20. The van der Waals surface area contributed by atoms with Crippen molar-refractivity contribution in [2.75, 3.05) is 19.7 Å². The van der Waals surface area contributed by atoms with Crippen molar-refractivity contribution < 1.29 is 4.74 Å². The van der Waals surface area contributed by atoms with Crippen LogP contribution >= 0.6 is 11.3 Å². The molecule has 0 saturated carbocycles. The van der Waals surface area contributed by atoms with Crippen LogP contribution < -0.4 is 5.32 Å². The molecule has 0 aliphatic carbocycles. The highest BCUT2D eigenvalue weighted by molar-refractivity contribution is 7.09. The summed E-state index contributed by atoms with van der Waals surface area (Å²) >= 11 is 1.80. The van der Waals surface area contributed by atoms with Gasteiger partial charge in [0, 0.05) is 17.8 Å². The van der Waals surface area contributed by atoms with Gasteiger partial charge in [-0.2, -0.15) is 0 Å². The van der Waals surface area contributed by atoms with Crippen LogP contribution in [-0.4, -0.2) is 19.7 Å². The van der Waals surface area contributed by atoms with Crippen molar-refractivity contribution in [2.24, 2.45) is 5.92 Å². The van der Waals surface area contributed by atoms with E-state index in [0.29, 0.717) is 5.92 Å². The van der Waals surface area contributed by atoms with Gasteiger partial charge in [0.2, 0.25) is 0 Å². The highest BCUT2D eigenvalue weighted by atomic mass is 32.1. The SMILES string of the molecule is CC(C)CNCC(OCCc1cccs1)c1ccccc1. The van der Waals surface area contributed by atoms with Gasteiger partial charge in [0.1, 0.15) is 0 Å². The maximum absolute atomic E-state index is 6.13. The Balaban J connectivity index is 1.85. The van der Waals surface area contributed by atoms with Crippen LogP contribution in [0.25, 0.3) is 0 Å². The lowest BCUT2D eigenvalue weighted by Gasteiger charge is -2.19. The van der Waals surface area contributed by atoms with Crippen molar-refractivity contribution >= 4 is 11.3 Å². The summed E-state index contributed by atoms with van der Waals surface area (Å²) in [4.78, 5) is 1.39. The van der Waals surface area contributed by atoms with E-state index in [1.807, 2.05) is 6.07 Å². The minimum Gasteiger partial charge on any atom is -0.372 e. The molecule has 114 valence electrons. The Labute approximate surface area is 132 Å². The van der Waals surface area contributed by atoms with Crippen molar-refractivity contribution in [1.82, 2.24) is 5.32 Å². The van der Waals surface area contributed by atoms with Crippen LogP contribution in [0.2, 0.25) is 0 Å². The molecule has 0 aliphatic rings. The summed E-state index contributed by atoms with van der Waals surface area (Å²) in [5.41, 5.74) is 1.25. The van der Waals surface area contributed by atoms with Crippen LogP contribution in [0, 0.1) is 5.92 Å². The molecule has 2 nitrogen and oxygen atoms in total. The third-order valence-corrected chi connectivity index (χ3v) is 4.24. The lowest BCUT2D eigenvalue weighted by Crippen LogP contribution is -2.27. The molecule has 0 saturated heterocycles. The minimum atomic E-state index is 0.130. The third kappa shape index (κ3) is 6.00. The highest BCUT2D eigenvalue weighted by Crippen LogP contribution is 2.18. The summed E-state index contributed by atoms with van der Waals surface area (Å²) in [7, 11) is 0. The van der Waals surface area contributed by atoms with Gasteiger partial charge in [-0.3, -0.25) is 0 Å². The Morgan fingerprint density at radius 1 is 1.05 bits per heavy atom. The van der Waals surface area contributed by atoms with Crippen molar-refractivity contribution in [3.05, 3.63) is 58.3 Å². The van der Waals surface area contributed by atoms with E-state index in [0.717, 1.165) is 26.1 Å². The van der Waals surface area contributed by atoms with E-state index in [-0.39, 0.29) is 6.10 Å². The largest absolute Gasteiger partial charge is 0.372 e. The first-order valence-electron chi connectivity index (χ1n) is 7.65. The van der Waals surface area contributed by atoms with Crippen LogP contribution in [0.3, 0.4) is 0 Å². The van der Waals surface area contributed by atoms with E-state index in [9.17, 15) is 0 Å². The number of nitrogens with one attached hydrogen (secondary N) is 1. The molecule has 0 fully saturated rings. The van der Waals surface area contributed by atoms with Gasteiger partial charge in [-0.15, -0.1) is 11.3 Å². The van der Waals surface area contributed by atoms with E-state index in [4.69, 9.17) is 4.74 Å². The molecule has 0 spiro atoms. The smallest absolute Gasteiger partial charge is 0.0949 e. The van der Waals surface area contributed by atoms with Gasteiger partial charge in [0.15, 0.2) is 0 Å². The summed E-state index contributed by atoms with van der Waals surface area (Å²) in [6.45, 7) is 7.11. The molecular formula is C18H25NOS. The summed E-state index contributed by atoms with van der Waals surface area (Å²) in [5.74, 6) is 0.660. The molecule has 0 amide bonds. The molecule has 1 heterocycles. The van der Waals surface area contributed by atoms with Crippen molar-refractivity contribution in [1.29, 1.82) is 0 Å². The maximum Gasteiger partial charge on any atom is 0.0949 e. The first-order valence-corrected chi connectivity index (χ1v) is 8.53. The molecule has 1 aromatic carbocycles. The second-order valence-corrected chi connectivity index (χ2v) is 6.68. The zero-order chi connectivity index (χ0) is 14.9. The van der Waals surface area contributed by atoms with E-state index in [2.05, 4.69) is 60.9 Å². The molecule has 21 heavy (non-hydrogen) atoms. The monoisotopic (exact) mass is 303 g/mol. The van der Waals surface area contributed by atoms with Gasteiger partial charge in [0.25, 0.3) is 0 Å². The van der Waals surface area contributed by atoms with Crippen molar-refractivity contribution in [3.63, 3.8) is 0 Å². The Morgan fingerprint density at radius 3 is 2.52 bits per heavy atom. The van der Waals surface area contributed by atoms with Crippen LogP contribution in [0.1, 0.15) is 30.4 Å². The number of thiophene rings is 1. The molecule has 2 aromatic rings. The van der Waals surface area contributed by atoms with E-state index in [1.54, 1.807) is 11.3 Å². The quantitative estimate of drug-likeness (QED) is 0.746. The van der Waals surface area contributed by atoms with Crippen LogP contribution in [0.5, 0.6) is 0 Å². The molecular weight excluding hydrogens is 278 g/mol. The predicted molar refractivity (Wildman–Crippen MR) is 90.9 cm³/mol. The molecule has 2 rings (SSSR count). The van der Waals surface area contributed by atoms with Gasteiger partial charge >= 0.3 is 0 Å². The molecule has 3 heteroatoms. The summed E-state index contributed by atoms with van der Waals surface area (Å²) in [6.07, 6.45) is 1.12. The second-order valence-electron chi connectivity index (χ2n) is 5.65. The van der Waals surface area contributed by atoms with Gasteiger partial charge in [-0.05, 0) is 29.5 Å². The average molecular weight is 303 g/mol. The molecule has 1 unspecified atom stereocenters. The Bertz CT molecular complexity index is 481. The summed E-state index contributed by atoms with van der Waals surface area (Å²) in [6, 6.07) is 14.8. The fourth-order valence-corrected chi connectivity index (χ4v) is 2.89. The zero-order valence-corrected chi connectivity index (χ0v) is 13.7. The standard InChI is InChI=1S/C18H25NOS/c1-15(2)13-19-14-18(16-7-4-3-5-8-16)20-11-10-17-9-6-12-21-17/h3-9,12,15,18-19H,10-11,13-14H2,1-2H3. The number of hydrogen-bond donors (Lipinski definition) is 1. The highest BCUT2D eigenvalue weighted by Gasteiger charge is 2.11. The lowest BCUT2D eigenvalue weighted by atomic mass is 10.1. The lowest BCUT2D eigenvalue weighted by molar-refractivity contribution is 0.0546. The van der Waals surface area contributed by atoms with E-state index in [1.165, 1.54) is 10.4 Å². The molecule has 1 atom stereocenters. The Hall–Kier alpha value is -1.16. The molecule has 1 N–H and O–H groups in total. The van der Waals surface area contributed by atoms with Crippen LogP contribution in [0.4, 0.5) is 0 Å². The molecule has 0 aliphatic heterocycles. The Morgan fingerprint density at radius 2 is 1.86 bits per heavy atom. The fraction of sp³-hybridized carbons (Fsp3) is 0.444. The average Bonchev–Trinajstić information content (AvgIpc) is 2.99. The van der Waals surface area contributed by atoms with E-state index >= 15 is 0 Å². The van der Waals surface area contributed by atoms with Gasteiger partial charge in [0.05, 0.1) is 12.7 Å². The first kappa shape index (κ1) is 16.2. The summed E-state index contributed by atoms with van der Waals surface area (Å²) in [5, 5.41) is 5.62. The number of ether oxygens (including phenoxy) is 1. The predicted octanol–water partition coefficient (Wildman–Crippen LogP) is 4.29. The van der Waals surface area contributed by atoms with E-state index < -0.39 is 0 Å². The number of rotatable bonds is 9. The first-order chi connectivity index (χ1) is 10.3. The summed E-state index contributed by atoms with van der Waals surface area (Å²) < 4.78 is 6.13. The zero-order valence-electron chi connectivity index (χ0n) is 12.9. The third-order valence-electron chi connectivity index (χ3n) is 3.30. The maximum atomic E-state index is 6.13.